The highest BCUT2D eigenvalue weighted by atomic mass is 35.5. The zero-order valence-corrected chi connectivity index (χ0v) is 19.7. The number of carbonyl (C=O) groups is 2. The Bertz CT molecular complexity index is 1400. The molecule has 1 aromatic heterocycles. The van der Waals surface area contributed by atoms with Crippen LogP contribution >= 0.6 is 23.2 Å². The summed E-state index contributed by atoms with van der Waals surface area (Å²) >= 11 is 12.5. The summed E-state index contributed by atoms with van der Waals surface area (Å²) in [5.74, 6) is 0.781. The maximum absolute atomic E-state index is 13.2. The van der Waals surface area contributed by atoms with Crippen molar-refractivity contribution in [2.24, 2.45) is 40.6 Å². The lowest BCUT2D eigenvalue weighted by molar-refractivity contribution is -0.140. The molecule has 5 nitrogen and oxygen atoms in total. The molecule has 4 aliphatic carbocycles. The zero-order chi connectivity index (χ0) is 23.1. The number of aromatic nitrogens is 1. The summed E-state index contributed by atoms with van der Waals surface area (Å²) in [5.41, 5.74) is 2.82. The van der Waals surface area contributed by atoms with Crippen LogP contribution in [0.4, 0.5) is 0 Å². The van der Waals surface area contributed by atoms with Crippen LogP contribution in [0.25, 0.3) is 10.9 Å². The maximum atomic E-state index is 13.2. The van der Waals surface area contributed by atoms with Gasteiger partial charge in [-0.05, 0) is 53.9 Å². The van der Waals surface area contributed by atoms with Crippen molar-refractivity contribution in [3.63, 3.8) is 0 Å². The van der Waals surface area contributed by atoms with Crippen molar-refractivity contribution >= 4 is 52.1 Å². The molecule has 1 saturated heterocycles. The molecule has 7 heteroatoms. The molecule has 2 bridgehead atoms. The molecule has 0 spiro atoms. The third kappa shape index (κ3) is 2.90. The van der Waals surface area contributed by atoms with Crippen LogP contribution in [0.1, 0.15) is 17.5 Å². The number of imide groups is 1. The van der Waals surface area contributed by atoms with Gasteiger partial charge in [0.1, 0.15) is 0 Å². The van der Waals surface area contributed by atoms with Gasteiger partial charge in [0.2, 0.25) is 0 Å². The third-order valence-electron chi connectivity index (χ3n) is 8.13. The average Bonchev–Trinajstić information content (AvgIpc) is 3.54. The number of rotatable bonds is 4. The third-order valence-corrected chi connectivity index (χ3v) is 8.71. The van der Waals surface area contributed by atoms with Crippen LogP contribution in [0.2, 0.25) is 10.0 Å². The lowest BCUT2D eigenvalue weighted by atomic mass is 9.63. The molecule has 8 rings (SSSR count). The minimum atomic E-state index is -0.239. The van der Waals surface area contributed by atoms with E-state index in [4.69, 9.17) is 23.2 Å². The number of hydrogen-bond donors (Lipinski definition) is 0. The quantitative estimate of drug-likeness (QED) is 0.280. The molecule has 6 atom stereocenters. The molecule has 1 aliphatic heterocycles. The van der Waals surface area contributed by atoms with Gasteiger partial charge in [-0.3, -0.25) is 9.59 Å². The van der Waals surface area contributed by atoms with Gasteiger partial charge in [-0.1, -0.05) is 59.6 Å². The first-order valence-corrected chi connectivity index (χ1v) is 12.4. The molecule has 0 radical (unpaired) electrons. The highest BCUT2D eigenvalue weighted by molar-refractivity contribution is 6.35. The monoisotopic (exact) mass is 489 g/mol. The Morgan fingerprint density at radius 1 is 0.971 bits per heavy atom. The predicted octanol–water partition coefficient (Wildman–Crippen LogP) is 5.38. The number of allylic oxidation sites excluding steroid dienone is 2. The minimum absolute atomic E-state index is 0.146. The second-order valence-corrected chi connectivity index (χ2v) is 10.7. The van der Waals surface area contributed by atoms with Crippen molar-refractivity contribution in [2.45, 2.75) is 13.0 Å². The molecule has 3 aromatic rings. The van der Waals surface area contributed by atoms with Crippen LogP contribution in [0.15, 0.2) is 65.9 Å². The average molecular weight is 490 g/mol. The molecule has 170 valence electrons. The van der Waals surface area contributed by atoms with Gasteiger partial charge in [-0.2, -0.15) is 10.1 Å². The standard InChI is InChI=1S/C27H21Cl2N3O2/c28-16-6-5-14(22(29)9-16)12-31-13-15(17-3-1-2-4-23(17)31)11-30-32-26(33)24-18-7-8-19(21-10-20(18)21)25(24)27(32)34/h1-9,11,13,18-21,24-25H,10,12H2/b30-11-/t18-,19-,20-,21-,24+,25+/m0/s1. The molecule has 5 aliphatic rings. The summed E-state index contributed by atoms with van der Waals surface area (Å²) in [5, 5.41) is 7.78. The van der Waals surface area contributed by atoms with Crippen LogP contribution in [0.5, 0.6) is 0 Å². The van der Waals surface area contributed by atoms with E-state index in [1.165, 1.54) is 0 Å². The van der Waals surface area contributed by atoms with Gasteiger partial charge in [-0.15, -0.1) is 0 Å². The van der Waals surface area contributed by atoms with Crippen LogP contribution < -0.4 is 0 Å². The number of hydrazone groups is 1. The van der Waals surface area contributed by atoms with Crippen molar-refractivity contribution in [3.05, 3.63) is 82.0 Å². The van der Waals surface area contributed by atoms with Crippen molar-refractivity contribution in [1.82, 2.24) is 9.58 Å². The van der Waals surface area contributed by atoms with E-state index in [0.717, 1.165) is 33.5 Å². The first-order valence-electron chi connectivity index (χ1n) is 11.6. The Balaban J connectivity index is 1.21. The SMILES string of the molecule is O=C1[C@@H]2[C@H]3C=C[C@@H]([C@@H]4C[C@@H]34)[C@H]2C(=O)N1/N=C\c1cn(Cc2ccc(Cl)cc2Cl)c2ccccc12. The number of nitrogens with zero attached hydrogens (tertiary/aromatic N) is 3. The van der Waals surface area contributed by atoms with E-state index >= 15 is 0 Å². The minimum Gasteiger partial charge on any atom is -0.342 e. The van der Waals surface area contributed by atoms with Gasteiger partial charge in [-0.25, -0.2) is 0 Å². The van der Waals surface area contributed by atoms with Gasteiger partial charge in [0.05, 0.1) is 18.1 Å². The first kappa shape index (κ1) is 20.5. The van der Waals surface area contributed by atoms with Gasteiger partial charge < -0.3 is 4.57 Å². The molecule has 34 heavy (non-hydrogen) atoms. The summed E-state index contributed by atoms with van der Waals surface area (Å²) in [7, 11) is 0. The van der Waals surface area contributed by atoms with E-state index in [1.54, 1.807) is 12.3 Å². The molecule has 0 N–H and O–H groups in total. The highest BCUT2D eigenvalue weighted by Crippen LogP contribution is 2.65. The fourth-order valence-electron chi connectivity index (χ4n) is 6.52. The summed E-state index contributed by atoms with van der Waals surface area (Å²) in [6.07, 6.45) is 9.13. The molecule has 2 saturated carbocycles. The topological polar surface area (TPSA) is 54.7 Å². The van der Waals surface area contributed by atoms with E-state index in [-0.39, 0.29) is 35.5 Å². The molecule has 2 aromatic carbocycles. The summed E-state index contributed by atoms with van der Waals surface area (Å²) in [6.45, 7) is 0.563. The van der Waals surface area contributed by atoms with Gasteiger partial charge in [0, 0.05) is 39.3 Å². The summed E-state index contributed by atoms with van der Waals surface area (Å²) in [6, 6.07) is 13.5. The normalized spacial score (nSPS) is 31.1. The van der Waals surface area contributed by atoms with Gasteiger partial charge in [0.15, 0.2) is 0 Å². The number of fused-ring (bicyclic) bond motifs is 1. The summed E-state index contributed by atoms with van der Waals surface area (Å²) in [4.78, 5) is 26.5. The lowest BCUT2D eigenvalue weighted by Crippen LogP contribution is -2.40. The number of halogens is 2. The zero-order valence-electron chi connectivity index (χ0n) is 18.1. The number of carbonyl (C=O) groups excluding carboxylic acids is 2. The molecule has 2 amide bonds. The molecule has 0 unspecified atom stereocenters. The van der Waals surface area contributed by atoms with E-state index in [9.17, 15) is 9.59 Å². The number of benzene rings is 2. The van der Waals surface area contributed by atoms with E-state index in [1.807, 2.05) is 42.6 Å². The first-order chi connectivity index (χ1) is 16.5. The van der Waals surface area contributed by atoms with E-state index in [2.05, 4.69) is 21.8 Å². The Morgan fingerprint density at radius 2 is 1.68 bits per heavy atom. The van der Waals surface area contributed by atoms with Gasteiger partial charge >= 0.3 is 0 Å². The van der Waals surface area contributed by atoms with E-state index < -0.39 is 0 Å². The Morgan fingerprint density at radius 3 is 2.38 bits per heavy atom. The second kappa shape index (κ2) is 7.30. The van der Waals surface area contributed by atoms with Crippen molar-refractivity contribution in [3.8, 4) is 0 Å². The highest BCUT2D eigenvalue weighted by Gasteiger charge is 2.67. The largest absolute Gasteiger partial charge is 0.342 e. The molecule has 2 heterocycles. The fraction of sp³-hybridized carbons (Fsp3) is 0.296. The molecular formula is C27H21Cl2N3O2. The molecular weight excluding hydrogens is 469 g/mol. The summed E-state index contributed by atoms with van der Waals surface area (Å²) < 4.78 is 2.09. The number of amides is 2. The lowest BCUT2D eigenvalue weighted by Gasteiger charge is -2.37. The van der Waals surface area contributed by atoms with E-state index in [0.29, 0.717) is 28.4 Å². The van der Waals surface area contributed by atoms with Crippen molar-refractivity contribution in [2.75, 3.05) is 0 Å². The van der Waals surface area contributed by atoms with Crippen molar-refractivity contribution in [1.29, 1.82) is 0 Å². The Kier molecular flexibility index (Phi) is 4.40. The Hall–Kier alpha value is -2.89. The van der Waals surface area contributed by atoms with Crippen LogP contribution in [0.3, 0.4) is 0 Å². The molecule has 3 fully saturated rings. The van der Waals surface area contributed by atoms with Crippen molar-refractivity contribution < 1.29 is 9.59 Å². The second-order valence-electron chi connectivity index (χ2n) is 9.85. The fourth-order valence-corrected chi connectivity index (χ4v) is 6.99. The smallest absolute Gasteiger partial charge is 0.254 e. The predicted molar refractivity (Wildman–Crippen MR) is 132 cm³/mol. The van der Waals surface area contributed by atoms with Gasteiger partial charge in [0.25, 0.3) is 11.8 Å². The van der Waals surface area contributed by atoms with Crippen LogP contribution in [-0.2, 0) is 16.1 Å². The Labute approximate surface area is 206 Å². The van der Waals surface area contributed by atoms with Crippen LogP contribution in [-0.4, -0.2) is 27.6 Å². The van der Waals surface area contributed by atoms with Crippen LogP contribution in [0, 0.1) is 35.5 Å². The number of hydrogen-bond acceptors (Lipinski definition) is 3. The number of para-hydroxylation sites is 1. The maximum Gasteiger partial charge on any atom is 0.254 e.